The molecule has 1 rings (SSSR count). The summed E-state index contributed by atoms with van der Waals surface area (Å²) in [6.45, 7) is 0.171. The van der Waals surface area contributed by atoms with Crippen molar-refractivity contribution in [1.82, 2.24) is 4.57 Å². The monoisotopic (exact) mass is 287 g/mol. The van der Waals surface area contributed by atoms with Gasteiger partial charge in [0, 0.05) is 18.5 Å². The van der Waals surface area contributed by atoms with Crippen molar-refractivity contribution in [3.8, 4) is 0 Å². The summed E-state index contributed by atoms with van der Waals surface area (Å²) in [6.07, 6.45) is 2.43. The van der Waals surface area contributed by atoms with Gasteiger partial charge in [-0.3, -0.25) is 14.4 Å². The molecule has 0 atom stereocenters. The molecule has 9 heteroatoms. The Bertz CT molecular complexity index is 585. The second-order valence-corrected chi connectivity index (χ2v) is 4.69. The summed E-state index contributed by atoms with van der Waals surface area (Å²) in [5.74, 6) is -0.0381. The summed E-state index contributed by atoms with van der Waals surface area (Å²) >= 11 is 0. The van der Waals surface area contributed by atoms with Crippen LogP contribution < -0.4 is 16.2 Å². The van der Waals surface area contributed by atoms with Crippen LogP contribution in [0, 0.1) is 0 Å². The van der Waals surface area contributed by atoms with Crippen molar-refractivity contribution in [1.29, 1.82) is 0 Å². The molecule has 0 aliphatic heterocycles. The van der Waals surface area contributed by atoms with E-state index in [2.05, 4.69) is 10.6 Å². The molecule has 0 fully saturated rings. The van der Waals surface area contributed by atoms with E-state index in [4.69, 9.17) is 0 Å². The van der Waals surface area contributed by atoms with Gasteiger partial charge in [0.1, 0.15) is 16.4 Å². The standard InChI is InChI=1S/C10H13N3O5S/c14-6-11-8-4-9(12-7-15)10(16)13(5-8)2-1-3-19(17)18/h4-7,19H,1-3H2,(H,11,14)(H,12,15). The Kier molecular flexibility index (Phi) is 5.73. The van der Waals surface area contributed by atoms with E-state index in [1.54, 1.807) is 0 Å². The highest BCUT2D eigenvalue weighted by Crippen LogP contribution is 2.10. The van der Waals surface area contributed by atoms with E-state index in [1.807, 2.05) is 0 Å². The molecule has 0 radical (unpaired) electrons. The number of carbonyl (C=O) groups is 2. The van der Waals surface area contributed by atoms with Crippen LogP contribution in [0.1, 0.15) is 6.42 Å². The lowest BCUT2D eigenvalue weighted by Gasteiger charge is -2.09. The van der Waals surface area contributed by atoms with E-state index in [-0.39, 0.29) is 24.4 Å². The number of hydrogen-bond acceptors (Lipinski definition) is 5. The normalized spacial score (nSPS) is 10.2. The molecule has 1 heterocycles. The van der Waals surface area contributed by atoms with Crippen LogP contribution in [-0.2, 0) is 26.8 Å². The first-order valence-corrected chi connectivity index (χ1v) is 6.71. The van der Waals surface area contributed by atoms with E-state index in [0.29, 0.717) is 18.5 Å². The lowest BCUT2D eigenvalue weighted by molar-refractivity contribution is -0.106. The van der Waals surface area contributed by atoms with Crippen LogP contribution in [0.15, 0.2) is 17.1 Å². The average molecular weight is 287 g/mol. The quantitative estimate of drug-likeness (QED) is 0.418. The van der Waals surface area contributed by atoms with E-state index < -0.39 is 16.3 Å². The molecule has 1 aromatic rings. The second-order valence-electron chi connectivity index (χ2n) is 3.58. The maximum Gasteiger partial charge on any atom is 0.274 e. The molecule has 104 valence electrons. The highest BCUT2D eigenvalue weighted by molar-refractivity contribution is 7.72. The van der Waals surface area contributed by atoms with Gasteiger partial charge in [-0.25, -0.2) is 8.42 Å². The molecule has 0 bridgehead atoms. The number of rotatable bonds is 8. The third-order valence-electron chi connectivity index (χ3n) is 2.27. The maximum atomic E-state index is 11.9. The Hall–Kier alpha value is -2.16. The number of aromatic nitrogens is 1. The summed E-state index contributed by atoms with van der Waals surface area (Å²) in [7, 11) is -2.49. The lowest BCUT2D eigenvalue weighted by atomic mass is 10.3. The molecule has 8 nitrogen and oxygen atoms in total. The third kappa shape index (κ3) is 4.54. The van der Waals surface area contributed by atoms with Crippen molar-refractivity contribution < 1.29 is 18.0 Å². The number of anilines is 2. The number of thiol groups is 1. The zero-order valence-corrected chi connectivity index (χ0v) is 10.8. The number of nitrogens with one attached hydrogen (secondary N) is 2. The van der Waals surface area contributed by atoms with Gasteiger partial charge in [-0.2, -0.15) is 0 Å². The Morgan fingerprint density at radius 3 is 2.47 bits per heavy atom. The predicted octanol–water partition coefficient (Wildman–Crippen LogP) is -1.01. The highest BCUT2D eigenvalue weighted by Gasteiger charge is 2.06. The lowest BCUT2D eigenvalue weighted by Crippen LogP contribution is -2.24. The van der Waals surface area contributed by atoms with Gasteiger partial charge in [0.25, 0.3) is 5.56 Å². The summed E-state index contributed by atoms with van der Waals surface area (Å²) in [6, 6.07) is 1.32. The number of nitrogens with zero attached hydrogens (tertiary/aromatic N) is 1. The van der Waals surface area contributed by atoms with Crippen LogP contribution in [-0.4, -0.2) is 31.6 Å². The number of pyridine rings is 1. The Morgan fingerprint density at radius 1 is 1.21 bits per heavy atom. The van der Waals surface area contributed by atoms with Crippen LogP contribution in [0.2, 0.25) is 0 Å². The molecule has 0 saturated carbocycles. The molecule has 0 aliphatic rings. The van der Waals surface area contributed by atoms with Gasteiger partial charge in [0.2, 0.25) is 12.8 Å². The van der Waals surface area contributed by atoms with Crippen molar-refractivity contribution in [3.05, 3.63) is 22.6 Å². The molecule has 19 heavy (non-hydrogen) atoms. The molecular formula is C10H13N3O5S. The molecule has 0 aliphatic carbocycles. The Balaban J connectivity index is 3.02. The predicted molar refractivity (Wildman–Crippen MR) is 69.9 cm³/mol. The molecule has 0 spiro atoms. The van der Waals surface area contributed by atoms with Crippen molar-refractivity contribution >= 4 is 34.9 Å². The molecule has 0 aromatic carbocycles. The summed E-state index contributed by atoms with van der Waals surface area (Å²) < 4.78 is 22.1. The topological polar surface area (TPSA) is 114 Å². The van der Waals surface area contributed by atoms with Crippen LogP contribution in [0.4, 0.5) is 11.4 Å². The fourth-order valence-corrected chi connectivity index (χ4v) is 1.89. The Labute approximate surface area is 110 Å². The number of carbonyl (C=O) groups excluding carboxylic acids is 2. The van der Waals surface area contributed by atoms with E-state index in [0.717, 1.165) is 0 Å². The van der Waals surface area contributed by atoms with Crippen LogP contribution in [0.25, 0.3) is 0 Å². The van der Waals surface area contributed by atoms with Gasteiger partial charge < -0.3 is 15.2 Å². The highest BCUT2D eigenvalue weighted by atomic mass is 32.2. The van der Waals surface area contributed by atoms with E-state index in [1.165, 1.54) is 16.8 Å². The first-order valence-electron chi connectivity index (χ1n) is 5.35. The molecule has 1 aromatic heterocycles. The van der Waals surface area contributed by atoms with Gasteiger partial charge in [-0.1, -0.05) is 0 Å². The minimum absolute atomic E-state index is 0.00774. The van der Waals surface area contributed by atoms with Gasteiger partial charge >= 0.3 is 0 Å². The molecular weight excluding hydrogens is 274 g/mol. The average Bonchev–Trinajstić information content (AvgIpc) is 2.34. The van der Waals surface area contributed by atoms with Crippen molar-refractivity contribution in [2.75, 3.05) is 16.4 Å². The van der Waals surface area contributed by atoms with Gasteiger partial charge in [0.15, 0.2) is 0 Å². The van der Waals surface area contributed by atoms with Crippen LogP contribution in [0.3, 0.4) is 0 Å². The number of aryl methyl sites for hydroxylation is 1. The van der Waals surface area contributed by atoms with Gasteiger partial charge in [-0.05, 0) is 12.5 Å². The molecule has 2 N–H and O–H groups in total. The second kappa shape index (κ2) is 7.31. The first-order chi connectivity index (χ1) is 9.08. The third-order valence-corrected chi connectivity index (χ3v) is 2.95. The van der Waals surface area contributed by atoms with Crippen LogP contribution in [0.5, 0.6) is 0 Å². The summed E-state index contributed by atoms with van der Waals surface area (Å²) in [5, 5.41) is 4.58. The van der Waals surface area contributed by atoms with E-state index >= 15 is 0 Å². The largest absolute Gasteiger partial charge is 0.327 e. The van der Waals surface area contributed by atoms with Crippen molar-refractivity contribution in [3.63, 3.8) is 0 Å². The van der Waals surface area contributed by atoms with Crippen molar-refractivity contribution in [2.45, 2.75) is 13.0 Å². The number of hydrogen-bond donors (Lipinski definition) is 3. The Morgan fingerprint density at radius 2 is 1.89 bits per heavy atom. The minimum atomic E-state index is -2.49. The van der Waals surface area contributed by atoms with E-state index in [9.17, 15) is 22.8 Å². The smallest absolute Gasteiger partial charge is 0.274 e. The molecule has 0 unspecified atom stereocenters. The van der Waals surface area contributed by atoms with Gasteiger partial charge in [0.05, 0.1) is 5.69 Å². The van der Waals surface area contributed by atoms with Gasteiger partial charge in [-0.15, -0.1) is 0 Å². The minimum Gasteiger partial charge on any atom is -0.327 e. The first kappa shape index (κ1) is 14.9. The SMILES string of the molecule is O=CNc1cc(NC=O)c(=O)n(CCC[SH](=O)=O)c1. The summed E-state index contributed by atoms with van der Waals surface area (Å²) in [4.78, 5) is 32.6. The fraction of sp³-hybridized carbons (Fsp3) is 0.300. The fourth-order valence-electron chi connectivity index (χ4n) is 1.49. The zero-order valence-electron chi connectivity index (χ0n) is 9.87. The number of amides is 2. The summed E-state index contributed by atoms with van der Waals surface area (Å²) in [5.41, 5.74) is -0.136. The van der Waals surface area contributed by atoms with Crippen molar-refractivity contribution in [2.24, 2.45) is 0 Å². The molecule has 0 saturated heterocycles. The zero-order chi connectivity index (χ0) is 14.3. The van der Waals surface area contributed by atoms with Crippen LogP contribution >= 0.6 is 0 Å². The maximum absolute atomic E-state index is 11.9. The molecule has 2 amide bonds.